The summed E-state index contributed by atoms with van der Waals surface area (Å²) in [5.74, 6) is 1.45. The molecular weight excluding hydrogens is 760 g/mol. The molecule has 1 saturated heterocycles. The summed E-state index contributed by atoms with van der Waals surface area (Å²) in [5.41, 5.74) is 7.42. The summed E-state index contributed by atoms with van der Waals surface area (Å²) in [5, 5.41) is 4.01. The van der Waals surface area contributed by atoms with E-state index in [4.69, 9.17) is 11.6 Å². The number of anilines is 1. The Morgan fingerprint density at radius 2 is 1.61 bits per heavy atom. The number of thioether (sulfide) groups is 1. The van der Waals surface area contributed by atoms with Crippen molar-refractivity contribution in [1.29, 1.82) is 0 Å². The third-order valence-corrected chi connectivity index (χ3v) is 13.3. The number of nitrogens with one attached hydrogen (secondary N) is 1. The molecule has 12 heteroatoms. The summed E-state index contributed by atoms with van der Waals surface area (Å²) in [7, 11) is 0.0669. The van der Waals surface area contributed by atoms with E-state index in [9.17, 15) is 13.3 Å². The van der Waals surface area contributed by atoms with E-state index in [-0.39, 0.29) is 16.5 Å². The number of fused-ring (bicyclic) bond motifs is 1. The summed E-state index contributed by atoms with van der Waals surface area (Å²) in [6.45, 7) is 5.77. The zero-order chi connectivity index (χ0) is 39.1. The Morgan fingerprint density at radius 3 is 2.36 bits per heavy atom. The standard InChI is InChI=1S/C44H47ClN6O3S2/c1-49(2)21-20-32(31-55-39-9-4-3-5-10-39)26-34-14-18-40(28-43(34)47-52)56(53,54)48-44-42-19-17-38(27-36(42)29-46-44)51-24-22-50(23-25-51)30-35-8-6-7-11-41(35)33-12-15-37(45)16-13-33/h3-19,27-28,32H,20-26,29-31H2,1-2H3,(H,46,48)/t32-/m0/s1. The molecule has 290 valence electrons. The Kier molecular flexibility index (Phi) is 12.9. The minimum absolute atomic E-state index is 0.0132. The number of rotatable bonds is 15. The van der Waals surface area contributed by atoms with Gasteiger partial charge in [0.2, 0.25) is 0 Å². The summed E-state index contributed by atoms with van der Waals surface area (Å²) >= 11 is 7.93. The largest absolute Gasteiger partial charge is 0.369 e. The third-order valence-electron chi connectivity index (χ3n) is 10.5. The van der Waals surface area contributed by atoms with Gasteiger partial charge in [0.1, 0.15) is 11.5 Å². The number of sulfonamides is 1. The fourth-order valence-electron chi connectivity index (χ4n) is 7.33. The van der Waals surface area contributed by atoms with Crippen molar-refractivity contribution in [3.63, 3.8) is 0 Å². The van der Waals surface area contributed by atoms with Crippen molar-refractivity contribution < 1.29 is 8.42 Å². The van der Waals surface area contributed by atoms with Crippen LogP contribution < -0.4 is 9.62 Å². The number of halogens is 1. The first-order chi connectivity index (χ1) is 27.1. The molecule has 1 fully saturated rings. The molecule has 2 heterocycles. The fraction of sp³-hybridized carbons (Fsp3) is 0.295. The van der Waals surface area contributed by atoms with Gasteiger partial charge in [-0.15, -0.1) is 16.7 Å². The number of benzene rings is 5. The van der Waals surface area contributed by atoms with Crippen LogP contribution in [0.15, 0.2) is 135 Å². The molecule has 5 aromatic carbocycles. The van der Waals surface area contributed by atoms with Gasteiger partial charge in [0, 0.05) is 59.6 Å². The monoisotopic (exact) mass is 806 g/mol. The van der Waals surface area contributed by atoms with E-state index in [1.807, 2.05) is 56.6 Å². The van der Waals surface area contributed by atoms with Gasteiger partial charge in [0.15, 0.2) is 0 Å². The average molecular weight is 807 g/mol. The van der Waals surface area contributed by atoms with E-state index in [0.29, 0.717) is 18.8 Å². The summed E-state index contributed by atoms with van der Waals surface area (Å²) < 4.78 is 30.0. The van der Waals surface area contributed by atoms with Crippen LogP contribution in [0.5, 0.6) is 0 Å². The van der Waals surface area contributed by atoms with Crippen molar-refractivity contribution >= 4 is 50.6 Å². The average Bonchev–Trinajstić information content (AvgIpc) is 3.61. The van der Waals surface area contributed by atoms with Crippen molar-refractivity contribution in [2.45, 2.75) is 35.7 Å². The van der Waals surface area contributed by atoms with Crippen LogP contribution in [0.25, 0.3) is 11.1 Å². The number of amidine groups is 1. The van der Waals surface area contributed by atoms with E-state index < -0.39 is 10.0 Å². The van der Waals surface area contributed by atoms with Crippen LogP contribution in [-0.4, -0.2) is 76.6 Å². The van der Waals surface area contributed by atoms with Crippen LogP contribution in [-0.2, 0) is 29.5 Å². The molecule has 56 heavy (non-hydrogen) atoms. The molecule has 0 saturated carbocycles. The quantitative estimate of drug-likeness (QED) is 0.0834. The zero-order valence-electron chi connectivity index (χ0n) is 31.8. The highest BCUT2D eigenvalue weighted by Crippen LogP contribution is 2.32. The Morgan fingerprint density at radius 1 is 0.857 bits per heavy atom. The molecule has 0 bridgehead atoms. The number of nitrogens with zero attached hydrogens (tertiary/aromatic N) is 5. The van der Waals surface area contributed by atoms with Crippen molar-refractivity contribution in [2.24, 2.45) is 16.1 Å². The molecule has 0 radical (unpaired) electrons. The number of aliphatic imine (C=N–C) groups is 1. The molecule has 0 amide bonds. The van der Waals surface area contributed by atoms with E-state index in [1.165, 1.54) is 22.1 Å². The molecule has 0 spiro atoms. The highest BCUT2D eigenvalue weighted by Gasteiger charge is 2.26. The van der Waals surface area contributed by atoms with Crippen LogP contribution in [0.3, 0.4) is 0 Å². The lowest BCUT2D eigenvalue weighted by molar-refractivity contribution is 0.250. The Labute approximate surface area is 339 Å². The fourth-order valence-corrected chi connectivity index (χ4v) is 9.58. The topological polar surface area (TPSA) is 97.7 Å². The number of hydrogen-bond donors (Lipinski definition) is 1. The Balaban J connectivity index is 0.968. The lowest BCUT2D eigenvalue weighted by atomic mass is 9.96. The van der Waals surface area contributed by atoms with Gasteiger partial charge in [-0.1, -0.05) is 72.3 Å². The van der Waals surface area contributed by atoms with Gasteiger partial charge in [0.05, 0.1) is 11.4 Å². The maximum absolute atomic E-state index is 13.7. The molecular formula is C44H47ClN6O3S2. The van der Waals surface area contributed by atoms with Crippen LogP contribution in [0.4, 0.5) is 11.4 Å². The highest BCUT2D eigenvalue weighted by atomic mass is 35.5. The molecule has 0 aromatic heterocycles. The maximum atomic E-state index is 13.7. The zero-order valence-corrected chi connectivity index (χ0v) is 34.2. The molecule has 1 N–H and O–H groups in total. The summed E-state index contributed by atoms with van der Waals surface area (Å²) in [6.07, 6.45) is 1.56. The van der Waals surface area contributed by atoms with E-state index >= 15 is 0 Å². The molecule has 5 aromatic rings. The second-order valence-electron chi connectivity index (χ2n) is 14.7. The van der Waals surface area contributed by atoms with E-state index in [0.717, 1.165) is 84.4 Å². The first kappa shape index (κ1) is 39.7. The highest BCUT2D eigenvalue weighted by molar-refractivity contribution is 7.99. The SMILES string of the molecule is CN(C)CC[C@H](CSc1ccccc1)Cc1ccc(S(=O)(=O)NC2=NCc3cc(N4CCN(Cc5ccccc5-c5ccc(Cl)cc5)CC4)ccc32)cc1N=O. The van der Waals surface area contributed by atoms with Gasteiger partial charge in [-0.25, -0.2) is 8.42 Å². The van der Waals surface area contributed by atoms with Crippen LogP contribution in [0, 0.1) is 10.8 Å². The second kappa shape index (κ2) is 18.2. The van der Waals surface area contributed by atoms with E-state index in [2.05, 4.69) is 84.2 Å². The summed E-state index contributed by atoms with van der Waals surface area (Å²) in [4.78, 5) is 24.8. The lowest BCUT2D eigenvalue weighted by Crippen LogP contribution is -2.46. The maximum Gasteiger partial charge on any atom is 0.263 e. The van der Waals surface area contributed by atoms with Gasteiger partial charge >= 0.3 is 0 Å². The van der Waals surface area contributed by atoms with Gasteiger partial charge in [-0.3, -0.25) is 14.6 Å². The molecule has 2 aliphatic heterocycles. The van der Waals surface area contributed by atoms with Gasteiger partial charge in [-0.05, 0) is 127 Å². The Bertz CT molecular complexity index is 2280. The van der Waals surface area contributed by atoms with Crippen LogP contribution in [0.1, 0.15) is 28.7 Å². The molecule has 7 rings (SSSR count). The first-order valence-corrected chi connectivity index (χ1v) is 21.8. The molecule has 0 unspecified atom stereocenters. The number of hydrogen-bond acceptors (Lipinski definition) is 9. The predicted octanol–water partition coefficient (Wildman–Crippen LogP) is 8.87. The second-order valence-corrected chi connectivity index (χ2v) is 17.9. The molecule has 2 aliphatic rings. The molecule has 0 aliphatic carbocycles. The lowest BCUT2D eigenvalue weighted by Gasteiger charge is -2.36. The number of nitroso groups, excluding NO2 is 1. The Hall–Kier alpha value is -4.52. The van der Waals surface area contributed by atoms with Crippen LogP contribution in [0.2, 0.25) is 5.02 Å². The van der Waals surface area contributed by atoms with E-state index in [1.54, 1.807) is 23.9 Å². The number of piperazine rings is 1. The van der Waals surface area contributed by atoms with Gasteiger partial charge in [-0.2, -0.15) is 0 Å². The van der Waals surface area contributed by atoms with Crippen molar-refractivity contribution in [3.8, 4) is 11.1 Å². The minimum atomic E-state index is -4.03. The van der Waals surface area contributed by atoms with Crippen molar-refractivity contribution in [1.82, 2.24) is 14.5 Å². The van der Waals surface area contributed by atoms with Gasteiger partial charge < -0.3 is 9.80 Å². The normalized spacial score (nSPS) is 15.1. The smallest absolute Gasteiger partial charge is 0.263 e. The first-order valence-electron chi connectivity index (χ1n) is 19.0. The van der Waals surface area contributed by atoms with Gasteiger partial charge in [0.25, 0.3) is 10.0 Å². The van der Waals surface area contributed by atoms with Crippen molar-refractivity contribution in [3.05, 3.63) is 147 Å². The summed E-state index contributed by atoms with van der Waals surface area (Å²) in [6, 6.07) is 37.6. The molecule has 1 atom stereocenters. The minimum Gasteiger partial charge on any atom is -0.369 e. The third kappa shape index (κ3) is 9.88. The predicted molar refractivity (Wildman–Crippen MR) is 231 cm³/mol. The molecule has 9 nitrogen and oxygen atoms in total. The van der Waals surface area contributed by atoms with Crippen LogP contribution >= 0.6 is 23.4 Å². The van der Waals surface area contributed by atoms with Crippen molar-refractivity contribution in [2.75, 3.05) is 57.5 Å².